The highest BCUT2D eigenvalue weighted by atomic mass is 32.2. The average Bonchev–Trinajstić information content (AvgIpc) is 2.56. The Morgan fingerprint density at radius 1 is 1.33 bits per heavy atom. The molecule has 0 aliphatic rings. The van der Waals surface area contributed by atoms with Gasteiger partial charge in [0.05, 0.1) is 11.7 Å². The fourth-order valence-electron chi connectivity index (χ4n) is 1.75. The second-order valence-electron chi connectivity index (χ2n) is 5.27. The summed E-state index contributed by atoms with van der Waals surface area (Å²) in [5.41, 5.74) is -0.381. The lowest BCUT2D eigenvalue weighted by atomic mass is 10.1. The summed E-state index contributed by atoms with van der Waals surface area (Å²) in [5.74, 6) is 0. The predicted octanol–water partition coefficient (Wildman–Crippen LogP) is 0.883. The Hall–Kier alpha value is -1.63. The Morgan fingerprint density at radius 2 is 1.94 bits per heavy atom. The van der Waals surface area contributed by atoms with E-state index >= 15 is 0 Å². The molecular weight excluding hydrogens is 254 g/mol. The number of hydrogen-bond acceptors (Lipinski definition) is 4. The fourth-order valence-corrected chi connectivity index (χ4v) is 2.48. The van der Waals surface area contributed by atoms with Crippen molar-refractivity contribution in [3.8, 4) is 0 Å². The first-order valence-electron chi connectivity index (χ1n) is 5.42. The van der Waals surface area contributed by atoms with E-state index in [0.717, 1.165) is 6.26 Å². The molecule has 0 radical (unpaired) electrons. The summed E-state index contributed by atoms with van der Waals surface area (Å²) in [7, 11) is -3.53. The topological polar surface area (TPSA) is 84.8 Å². The number of aromatic amines is 1. The molecule has 0 fully saturated rings. The van der Waals surface area contributed by atoms with Crippen LogP contribution in [0.3, 0.4) is 0 Å². The van der Waals surface area contributed by atoms with E-state index in [9.17, 15) is 13.2 Å². The van der Waals surface area contributed by atoms with Crippen LogP contribution in [0, 0.1) is 0 Å². The standard InChI is InChI=1S/C11H15N3O3S/c1-11(2,3)14-9-7(6-12-14)5-8(10(15)13-9)18(4,16)17/h5-6H,1-4H3,(H,13,15). The molecular formula is C11H15N3O3S. The van der Waals surface area contributed by atoms with Gasteiger partial charge in [0.2, 0.25) is 0 Å². The van der Waals surface area contributed by atoms with E-state index in [1.807, 2.05) is 20.8 Å². The van der Waals surface area contributed by atoms with Gasteiger partial charge in [-0.3, -0.25) is 4.79 Å². The number of aromatic nitrogens is 3. The van der Waals surface area contributed by atoms with Crippen molar-refractivity contribution in [1.82, 2.24) is 14.8 Å². The molecule has 2 heterocycles. The van der Waals surface area contributed by atoms with Crippen molar-refractivity contribution in [2.24, 2.45) is 0 Å². The Kier molecular flexibility index (Phi) is 2.62. The van der Waals surface area contributed by atoms with Gasteiger partial charge in [0, 0.05) is 11.6 Å². The minimum atomic E-state index is -3.53. The quantitative estimate of drug-likeness (QED) is 0.833. The molecule has 0 saturated heterocycles. The zero-order valence-electron chi connectivity index (χ0n) is 10.7. The minimum absolute atomic E-state index is 0.233. The van der Waals surface area contributed by atoms with E-state index in [1.165, 1.54) is 6.07 Å². The summed E-state index contributed by atoms with van der Waals surface area (Å²) >= 11 is 0. The molecule has 18 heavy (non-hydrogen) atoms. The molecule has 0 amide bonds. The third-order valence-corrected chi connectivity index (χ3v) is 3.68. The number of pyridine rings is 1. The summed E-state index contributed by atoms with van der Waals surface area (Å²) in [5, 5.41) is 4.78. The SMILES string of the molecule is CC(C)(C)n1ncc2cc(S(C)(=O)=O)c(=O)[nH]c21. The summed E-state index contributed by atoms with van der Waals surface area (Å²) < 4.78 is 24.6. The Balaban J connectivity index is 2.84. The Labute approximate surface area is 105 Å². The molecule has 2 aromatic rings. The highest BCUT2D eigenvalue weighted by molar-refractivity contribution is 7.90. The molecule has 0 spiro atoms. The third-order valence-electron chi connectivity index (χ3n) is 2.57. The van der Waals surface area contributed by atoms with Gasteiger partial charge < -0.3 is 4.98 Å². The zero-order valence-corrected chi connectivity index (χ0v) is 11.5. The van der Waals surface area contributed by atoms with Crippen LogP contribution in [-0.2, 0) is 15.4 Å². The van der Waals surface area contributed by atoms with Gasteiger partial charge in [0.1, 0.15) is 10.5 Å². The van der Waals surface area contributed by atoms with Gasteiger partial charge >= 0.3 is 0 Å². The van der Waals surface area contributed by atoms with Crippen LogP contribution in [0.25, 0.3) is 11.0 Å². The molecule has 6 nitrogen and oxygen atoms in total. The first kappa shape index (κ1) is 12.8. The van der Waals surface area contributed by atoms with Gasteiger partial charge in [-0.05, 0) is 26.8 Å². The van der Waals surface area contributed by atoms with E-state index in [0.29, 0.717) is 11.0 Å². The summed E-state index contributed by atoms with van der Waals surface area (Å²) in [4.78, 5) is 14.1. The van der Waals surface area contributed by atoms with Gasteiger partial charge in [0.15, 0.2) is 9.84 Å². The van der Waals surface area contributed by atoms with Gasteiger partial charge in [0.25, 0.3) is 5.56 Å². The van der Waals surface area contributed by atoms with E-state index < -0.39 is 15.4 Å². The van der Waals surface area contributed by atoms with Crippen molar-refractivity contribution >= 4 is 20.9 Å². The molecule has 0 aliphatic heterocycles. The molecule has 7 heteroatoms. The molecule has 0 saturated carbocycles. The second-order valence-corrected chi connectivity index (χ2v) is 7.25. The molecule has 0 aromatic carbocycles. The number of nitrogens with zero attached hydrogens (tertiary/aromatic N) is 2. The van der Waals surface area contributed by atoms with E-state index in [4.69, 9.17) is 0 Å². The Morgan fingerprint density at radius 3 is 2.44 bits per heavy atom. The number of nitrogens with one attached hydrogen (secondary N) is 1. The van der Waals surface area contributed by atoms with Crippen molar-refractivity contribution in [1.29, 1.82) is 0 Å². The number of hydrogen-bond donors (Lipinski definition) is 1. The van der Waals surface area contributed by atoms with Crippen molar-refractivity contribution in [2.75, 3.05) is 6.26 Å². The van der Waals surface area contributed by atoms with Crippen molar-refractivity contribution in [2.45, 2.75) is 31.2 Å². The molecule has 0 bridgehead atoms. The van der Waals surface area contributed by atoms with Gasteiger partial charge in [-0.1, -0.05) is 0 Å². The predicted molar refractivity (Wildman–Crippen MR) is 68.5 cm³/mol. The van der Waals surface area contributed by atoms with Gasteiger partial charge in [-0.25, -0.2) is 13.1 Å². The molecule has 0 atom stereocenters. The Bertz CT molecular complexity index is 763. The van der Waals surface area contributed by atoms with E-state index in [1.54, 1.807) is 10.9 Å². The molecule has 1 N–H and O–H groups in total. The third kappa shape index (κ3) is 2.05. The smallest absolute Gasteiger partial charge is 0.268 e. The minimum Gasteiger partial charge on any atom is -0.306 e. The first-order chi connectivity index (χ1) is 8.10. The van der Waals surface area contributed by atoms with Crippen molar-refractivity contribution in [3.63, 3.8) is 0 Å². The van der Waals surface area contributed by atoms with Crippen LogP contribution in [-0.4, -0.2) is 29.4 Å². The maximum absolute atomic E-state index is 11.8. The second kappa shape index (κ2) is 3.68. The van der Waals surface area contributed by atoms with E-state index in [2.05, 4.69) is 10.1 Å². The van der Waals surface area contributed by atoms with Crippen LogP contribution in [0.2, 0.25) is 0 Å². The van der Waals surface area contributed by atoms with Crippen LogP contribution >= 0.6 is 0 Å². The number of fused-ring (bicyclic) bond motifs is 1. The summed E-state index contributed by atoms with van der Waals surface area (Å²) in [6.07, 6.45) is 2.56. The first-order valence-corrected chi connectivity index (χ1v) is 7.31. The van der Waals surface area contributed by atoms with Gasteiger partial charge in [-0.2, -0.15) is 5.10 Å². The molecule has 0 aliphatic carbocycles. The molecule has 0 unspecified atom stereocenters. The van der Waals surface area contributed by atoms with Gasteiger partial charge in [-0.15, -0.1) is 0 Å². The molecule has 2 aromatic heterocycles. The largest absolute Gasteiger partial charge is 0.306 e. The molecule has 98 valence electrons. The van der Waals surface area contributed by atoms with Crippen molar-refractivity contribution in [3.05, 3.63) is 22.6 Å². The highest BCUT2D eigenvalue weighted by Crippen LogP contribution is 2.20. The lowest BCUT2D eigenvalue weighted by Gasteiger charge is -2.19. The summed E-state index contributed by atoms with van der Waals surface area (Å²) in [6, 6.07) is 1.36. The lowest BCUT2D eigenvalue weighted by Crippen LogP contribution is -2.25. The fraction of sp³-hybridized carbons (Fsp3) is 0.455. The highest BCUT2D eigenvalue weighted by Gasteiger charge is 2.20. The number of H-pyrrole nitrogens is 1. The van der Waals surface area contributed by atoms with Crippen LogP contribution in [0.4, 0.5) is 0 Å². The molecule has 2 rings (SSSR count). The van der Waals surface area contributed by atoms with E-state index in [-0.39, 0.29) is 10.4 Å². The van der Waals surface area contributed by atoms with Crippen LogP contribution in [0.15, 0.2) is 22.0 Å². The summed E-state index contributed by atoms with van der Waals surface area (Å²) in [6.45, 7) is 5.84. The van der Waals surface area contributed by atoms with Crippen LogP contribution < -0.4 is 5.56 Å². The normalized spacial score (nSPS) is 13.1. The number of rotatable bonds is 1. The number of sulfone groups is 1. The average molecular weight is 269 g/mol. The van der Waals surface area contributed by atoms with Crippen molar-refractivity contribution < 1.29 is 8.42 Å². The zero-order chi connectivity index (χ0) is 13.7. The maximum Gasteiger partial charge on any atom is 0.268 e. The van der Waals surface area contributed by atoms with Crippen LogP contribution in [0.5, 0.6) is 0 Å². The van der Waals surface area contributed by atoms with Crippen LogP contribution in [0.1, 0.15) is 20.8 Å². The monoisotopic (exact) mass is 269 g/mol. The maximum atomic E-state index is 11.8. The lowest BCUT2D eigenvalue weighted by molar-refractivity contribution is 0.365.